The quantitative estimate of drug-likeness (QED) is 0.335. The third-order valence-electron chi connectivity index (χ3n) is 2.48. The van der Waals surface area contributed by atoms with Crippen LogP contribution in [-0.2, 0) is 9.36 Å². The molecule has 5 nitrogen and oxygen atoms in total. The molecule has 0 heterocycles. The van der Waals surface area contributed by atoms with Crippen LogP contribution in [0.15, 0.2) is 11.6 Å². The fraction of sp³-hybridized carbons (Fsp3) is 0.727. The summed E-state index contributed by atoms with van der Waals surface area (Å²) in [6.07, 6.45) is 5.37. The number of nitrogens with two attached hydrogens (primary N) is 1. The van der Waals surface area contributed by atoms with E-state index < -0.39 is 19.7 Å². The van der Waals surface area contributed by atoms with Gasteiger partial charge in [0.2, 0.25) is 5.66 Å². The van der Waals surface area contributed by atoms with E-state index in [1.807, 2.05) is 0 Å². The number of carbonyl (C=O) groups is 1. The van der Waals surface area contributed by atoms with Crippen LogP contribution >= 0.6 is 8.03 Å². The first-order valence-corrected chi connectivity index (χ1v) is 7.11. The van der Waals surface area contributed by atoms with Gasteiger partial charge in [0.25, 0.3) is 0 Å². The van der Waals surface area contributed by atoms with Gasteiger partial charge in [-0.3, -0.25) is 0 Å². The summed E-state index contributed by atoms with van der Waals surface area (Å²) in [7, 11) is -2.55. The molecule has 0 fully saturated rings. The summed E-state index contributed by atoms with van der Waals surface area (Å²) >= 11 is 0. The highest BCUT2D eigenvalue weighted by atomic mass is 31.1. The Bertz CT molecular complexity index is 291. The molecule has 6 heteroatoms. The number of allylic oxidation sites excluding steroid dienone is 1. The van der Waals surface area contributed by atoms with Crippen LogP contribution in [0.1, 0.15) is 39.0 Å². The van der Waals surface area contributed by atoms with Gasteiger partial charge in [-0.1, -0.05) is 25.8 Å². The average molecular weight is 262 g/mol. The zero-order valence-electron chi connectivity index (χ0n) is 10.1. The van der Waals surface area contributed by atoms with Crippen molar-refractivity contribution in [2.45, 2.75) is 44.7 Å². The van der Waals surface area contributed by atoms with Crippen LogP contribution in [0.4, 0.5) is 0 Å². The number of rotatable bonds is 9. The maximum atomic E-state index is 11.1. The Morgan fingerprint density at radius 3 is 2.53 bits per heavy atom. The molecule has 17 heavy (non-hydrogen) atoms. The number of hydrogen-bond donors (Lipinski definition) is 3. The normalized spacial score (nSPS) is 14.5. The Morgan fingerprint density at radius 2 is 2.12 bits per heavy atom. The largest absolute Gasteiger partial charge is 0.513 e. The van der Waals surface area contributed by atoms with E-state index in [1.54, 1.807) is 6.08 Å². The molecule has 0 aromatic carbocycles. The summed E-state index contributed by atoms with van der Waals surface area (Å²) in [4.78, 5) is 20.1. The Kier molecular flexibility index (Phi) is 8.86. The van der Waals surface area contributed by atoms with Gasteiger partial charge in [0.05, 0.1) is 5.57 Å². The predicted octanol–water partition coefficient (Wildman–Crippen LogP) is 2.03. The van der Waals surface area contributed by atoms with Crippen LogP contribution < -0.4 is 5.73 Å². The predicted molar refractivity (Wildman–Crippen MR) is 67.1 cm³/mol. The van der Waals surface area contributed by atoms with E-state index in [9.17, 15) is 9.36 Å². The highest BCUT2D eigenvalue weighted by Gasteiger charge is 2.35. The topological polar surface area (TPSA) is 101 Å². The second-order valence-corrected chi connectivity index (χ2v) is 5.08. The van der Waals surface area contributed by atoms with E-state index in [2.05, 4.69) is 6.92 Å². The van der Waals surface area contributed by atoms with Gasteiger partial charge < -0.3 is 10.8 Å². The number of carboxylic acids is 1. The summed E-state index contributed by atoms with van der Waals surface area (Å²) in [6, 6.07) is 0. The molecule has 0 bridgehead atoms. The van der Waals surface area contributed by atoms with Crippen molar-refractivity contribution in [1.82, 2.24) is 0 Å². The summed E-state index contributed by atoms with van der Waals surface area (Å²) in [5, 5.41) is 9.03. The fourth-order valence-corrected chi connectivity index (χ4v) is 2.38. The van der Waals surface area contributed by atoms with E-state index in [0.717, 1.165) is 19.3 Å². The van der Waals surface area contributed by atoms with Crippen molar-refractivity contribution in [3.63, 3.8) is 0 Å². The lowest BCUT2D eigenvalue weighted by Gasteiger charge is -2.05. The smallest absolute Gasteiger partial charge is 0.478 e. The van der Waals surface area contributed by atoms with Gasteiger partial charge in [0.1, 0.15) is 0 Å². The summed E-state index contributed by atoms with van der Waals surface area (Å²) in [5.74, 6) is -1.13. The van der Waals surface area contributed by atoms with Crippen LogP contribution in [-0.4, -0.2) is 28.2 Å². The zero-order chi connectivity index (χ0) is 13.3. The molecule has 4 N–H and O–H groups in total. The molecule has 98 valence electrons. The molecular weight excluding hydrogens is 241 g/mol. The van der Waals surface area contributed by atoms with Crippen molar-refractivity contribution in [2.24, 2.45) is 5.73 Å². The molecular formula is C11H21NO4P+. The standard InChI is InChI=1S/C11H20NO4P/c1-2-3-4-5-6-9(11(13)14)10(7-8-12)17(15)16/h6,10H,2-5,7-8,12H2,1H3,(H-,13,14,15,16)/p+1. The summed E-state index contributed by atoms with van der Waals surface area (Å²) < 4.78 is 11.1. The van der Waals surface area contributed by atoms with Crippen LogP contribution in [0.3, 0.4) is 0 Å². The number of hydrogen-bond acceptors (Lipinski definition) is 3. The lowest BCUT2D eigenvalue weighted by molar-refractivity contribution is -0.132. The van der Waals surface area contributed by atoms with Crippen LogP contribution in [0.5, 0.6) is 0 Å². The lowest BCUT2D eigenvalue weighted by Crippen LogP contribution is -2.18. The molecule has 0 amide bonds. The molecule has 0 aromatic rings. The molecule has 2 unspecified atom stereocenters. The molecule has 2 atom stereocenters. The Balaban J connectivity index is 4.67. The maximum Gasteiger partial charge on any atom is 0.513 e. The van der Waals surface area contributed by atoms with E-state index in [-0.39, 0.29) is 18.5 Å². The SMILES string of the molecule is CCCCCC=C(C(=O)O)C(CCN)[P+](=O)O. The van der Waals surface area contributed by atoms with Gasteiger partial charge in [-0.2, -0.15) is 4.89 Å². The minimum absolute atomic E-state index is 0.0233. The number of aliphatic carboxylic acids is 1. The van der Waals surface area contributed by atoms with Crippen LogP contribution in [0, 0.1) is 0 Å². The van der Waals surface area contributed by atoms with Gasteiger partial charge in [0, 0.05) is 6.42 Å². The first kappa shape index (κ1) is 16.2. The second-order valence-electron chi connectivity index (χ2n) is 3.86. The summed E-state index contributed by atoms with van der Waals surface area (Å²) in [6.45, 7) is 2.26. The first-order chi connectivity index (χ1) is 8.04. The summed E-state index contributed by atoms with van der Waals surface area (Å²) in [5.41, 5.74) is 4.49. The number of carboxylic acid groups (broad SMARTS) is 1. The molecule has 0 radical (unpaired) electrons. The van der Waals surface area contributed by atoms with E-state index in [1.165, 1.54) is 0 Å². The van der Waals surface area contributed by atoms with Crippen LogP contribution in [0.25, 0.3) is 0 Å². The Labute approximate surface area is 103 Å². The van der Waals surface area contributed by atoms with Crippen LogP contribution in [0.2, 0.25) is 0 Å². The third kappa shape index (κ3) is 6.51. The van der Waals surface area contributed by atoms with Crippen molar-refractivity contribution in [3.05, 3.63) is 11.6 Å². The van der Waals surface area contributed by atoms with Gasteiger partial charge in [-0.05, 0) is 24.0 Å². The zero-order valence-corrected chi connectivity index (χ0v) is 11.0. The minimum atomic E-state index is -2.55. The Hall–Kier alpha value is -0.770. The first-order valence-electron chi connectivity index (χ1n) is 5.83. The van der Waals surface area contributed by atoms with Crippen molar-refractivity contribution < 1.29 is 19.4 Å². The minimum Gasteiger partial charge on any atom is -0.478 e. The number of unbranched alkanes of at least 4 members (excludes halogenated alkanes) is 3. The van der Waals surface area contributed by atoms with Crippen molar-refractivity contribution in [2.75, 3.05) is 6.54 Å². The molecule has 0 saturated heterocycles. The fourth-order valence-electron chi connectivity index (χ4n) is 1.56. The van der Waals surface area contributed by atoms with Crippen molar-refractivity contribution >= 4 is 14.0 Å². The highest BCUT2D eigenvalue weighted by molar-refractivity contribution is 7.39. The average Bonchev–Trinajstić information content (AvgIpc) is 2.26. The molecule has 0 spiro atoms. The molecule has 0 aliphatic heterocycles. The van der Waals surface area contributed by atoms with Gasteiger partial charge >= 0.3 is 14.0 Å². The van der Waals surface area contributed by atoms with E-state index in [4.69, 9.17) is 15.7 Å². The molecule has 0 saturated carbocycles. The van der Waals surface area contributed by atoms with E-state index in [0.29, 0.717) is 6.42 Å². The Morgan fingerprint density at radius 1 is 1.47 bits per heavy atom. The van der Waals surface area contributed by atoms with Crippen molar-refractivity contribution in [1.29, 1.82) is 0 Å². The lowest BCUT2D eigenvalue weighted by atomic mass is 10.1. The molecule has 0 aliphatic rings. The van der Waals surface area contributed by atoms with Gasteiger partial charge in [-0.25, -0.2) is 4.79 Å². The van der Waals surface area contributed by atoms with Gasteiger partial charge in [-0.15, -0.1) is 0 Å². The molecule has 0 rings (SSSR count). The van der Waals surface area contributed by atoms with Gasteiger partial charge in [0.15, 0.2) is 0 Å². The second kappa shape index (κ2) is 9.28. The third-order valence-corrected chi connectivity index (χ3v) is 3.55. The molecule has 0 aromatic heterocycles. The molecule has 0 aliphatic carbocycles. The van der Waals surface area contributed by atoms with Crippen molar-refractivity contribution in [3.8, 4) is 0 Å². The highest BCUT2D eigenvalue weighted by Crippen LogP contribution is 2.31. The monoisotopic (exact) mass is 262 g/mol. The maximum absolute atomic E-state index is 11.1. The van der Waals surface area contributed by atoms with E-state index >= 15 is 0 Å².